The van der Waals surface area contributed by atoms with E-state index in [0.29, 0.717) is 23.0 Å². The van der Waals surface area contributed by atoms with Crippen molar-refractivity contribution in [2.45, 2.75) is 39.3 Å². The van der Waals surface area contributed by atoms with Crippen LogP contribution in [0.1, 0.15) is 37.2 Å². The van der Waals surface area contributed by atoms with E-state index < -0.39 is 0 Å². The molecule has 1 aliphatic heterocycles. The number of hydrogen-bond donors (Lipinski definition) is 2. The number of fused-ring (bicyclic) bond motifs is 1. The van der Waals surface area contributed by atoms with Crippen molar-refractivity contribution in [3.05, 3.63) is 40.3 Å². The van der Waals surface area contributed by atoms with Crippen molar-refractivity contribution in [3.63, 3.8) is 0 Å². The standard InChI is InChI=1S/C18H24N4O2.ClH/c1-12(2)11-22-18(24)15-8-4-3-7-14(15)16(21-22)17(23)20-13-6-5-9-19-10-13;/h3-4,7-8,12-13,19H,5-6,9-11H2,1-2H3,(H,20,23);1H/t13-;/m0./s1. The molecule has 0 radical (unpaired) electrons. The second-order valence-corrected chi connectivity index (χ2v) is 6.79. The van der Waals surface area contributed by atoms with E-state index in [9.17, 15) is 9.59 Å². The van der Waals surface area contributed by atoms with Crippen LogP contribution in [0.3, 0.4) is 0 Å². The smallest absolute Gasteiger partial charge is 0.274 e. The Hall–Kier alpha value is -1.92. The quantitative estimate of drug-likeness (QED) is 0.869. The first-order chi connectivity index (χ1) is 11.6. The molecule has 0 saturated carbocycles. The van der Waals surface area contributed by atoms with Crippen molar-refractivity contribution in [2.24, 2.45) is 5.92 Å². The van der Waals surface area contributed by atoms with Crippen LogP contribution in [0.15, 0.2) is 29.1 Å². The molecule has 136 valence electrons. The summed E-state index contributed by atoms with van der Waals surface area (Å²) in [6.07, 6.45) is 2.01. The number of amides is 1. The average Bonchev–Trinajstić information content (AvgIpc) is 2.58. The normalized spacial score (nSPS) is 17.3. The molecule has 1 aromatic heterocycles. The van der Waals surface area contributed by atoms with E-state index in [0.717, 1.165) is 25.9 Å². The second kappa shape index (κ2) is 8.45. The third-order valence-corrected chi connectivity index (χ3v) is 4.25. The molecule has 2 aromatic rings. The highest BCUT2D eigenvalue weighted by atomic mass is 35.5. The first kappa shape index (κ1) is 19.4. The van der Waals surface area contributed by atoms with Gasteiger partial charge in [-0.2, -0.15) is 5.10 Å². The monoisotopic (exact) mass is 364 g/mol. The predicted molar refractivity (Wildman–Crippen MR) is 101 cm³/mol. The maximum atomic E-state index is 12.8. The molecule has 25 heavy (non-hydrogen) atoms. The number of rotatable bonds is 4. The van der Waals surface area contributed by atoms with Crippen LogP contribution in [0.25, 0.3) is 10.8 Å². The molecule has 0 spiro atoms. The highest BCUT2D eigenvalue weighted by Gasteiger charge is 2.21. The second-order valence-electron chi connectivity index (χ2n) is 6.79. The molecule has 1 aliphatic rings. The van der Waals surface area contributed by atoms with Crippen LogP contribution < -0.4 is 16.2 Å². The Morgan fingerprint density at radius 3 is 2.72 bits per heavy atom. The molecule has 1 fully saturated rings. The third kappa shape index (κ3) is 4.38. The van der Waals surface area contributed by atoms with Gasteiger partial charge in [0.2, 0.25) is 0 Å². The van der Waals surface area contributed by atoms with Crippen LogP contribution in [0.4, 0.5) is 0 Å². The molecule has 0 unspecified atom stereocenters. The van der Waals surface area contributed by atoms with Crippen LogP contribution in [-0.2, 0) is 6.54 Å². The summed E-state index contributed by atoms with van der Waals surface area (Å²) in [5.41, 5.74) is 0.187. The first-order valence-electron chi connectivity index (χ1n) is 8.57. The number of nitrogens with zero attached hydrogens (tertiary/aromatic N) is 2. The molecule has 1 aromatic carbocycles. The maximum absolute atomic E-state index is 12.8. The Kier molecular flexibility index (Phi) is 6.56. The minimum absolute atomic E-state index is 0. The van der Waals surface area contributed by atoms with Gasteiger partial charge in [-0.15, -0.1) is 12.4 Å². The van der Waals surface area contributed by atoms with Crippen LogP contribution in [0.2, 0.25) is 0 Å². The number of carbonyl (C=O) groups excluding carboxylic acids is 1. The number of piperidine rings is 1. The summed E-state index contributed by atoms with van der Waals surface area (Å²) in [4.78, 5) is 25.3. The summed E-state index contributed by atoms with van der Waals surface area (Å²) in [7, 11) is 0. The van der Waals surface area contributed by atoms with Gasteiger partial charge in [-0.3, -0.25) is 9.59 Å². The van der Waals surface area contributed by atoms with Crippen molar-refractivity contribution >= 4 is 29.1 Å². The molecular formula is C18H25ClN4O2. The molecule has 6 nitrogen and oxygen atoms in total. The fourth-order valence-electron chi connectivity index (χ4n) is 3.10. The Labute approximate surface area is 153 Å². The van der Waals surface area contributed by atoms with E-state index in [1.165, 1.54) is 4.68 Å². The Bertz CT molecular complexity index is 797. The lowest BCUT2D eigenvalue weighted by atomic mass is 10.1. The molecule has 0 aliphatic carbocycles. The highest BCUT2D eigenvalue weighted by Crippen LogP contribution is 2.14. The zero-order chi connectivity index (χ0) is 17.1. The predicted octanol–water partition coefficient (Wildman–Crippen LogP) is 1.96. The fourth-order valence-corrected chi connectivity index (χ4v) is 3.10. The number of nitrogens with one attached hydrogen (secondary N) is 2. The summed E-state index contributed by atoms with van der Waals surface area (Å²) in [6, 6.07) is 7.30. The lowest BCUT2D eigenvalue weighted by molar-refractivity contribution is 0.0924. The topological polar surface area (TPSA) is 76.0 Å². The number of carbonyl (C=O) groups is 1. The average molecular weight is 365 g/mol. The van der Waals surface area contributed by atoms with Crippen LogP contribution in [-0.4, -0.2) is 34.8 Å². The van der Waals surface area contributed by atoms with Gasteiger partial charge < -0.3 is 10.6 Å². The summed E-state index contributed by atoms with van der Waals surface area (Å²) in [6.45, 7) is 6.31. The number of benzene rings is 1. The van der Waals surface area contributed by atoms with Crippen molar-refractivity contribution < 1.29 is 4.79 Å². The van der Waals surface area contributed by atoms with E-state index in [-0.39, 0.29) is 35.8 Å². The van der Waals surface area contributed by atoms with E-state index in [2.05, 4.69) is 15.7 Å². The van der Waals surface area contributed by atoms with Crippen LogP contribution in [0.5, 0.6) is 0 Å². The Balaban J connectivity index is 0.00000225. The van der Waals surface area contributed by atoms with Crippen LogP contribution >= 0.6 is 12.4 Å². The minimum Gasteiger partial charge on any atom is -0.347 e. The molecule has 2 N–H and O–H groups in total. The van der Waals surface area contributed by atoms with E-state index in [1.807, 2.05) is 26.0 Å². The van der Waals surface area contributed by atoms with Gasteiger partial charge in [0.1, 0.15) is 0 Å². The lowest BCUT2D eigenvalue weighted by Gasteiger charge is -2.24. The number of aromatic nitrogens is 2. The van der Waals surface area contributed by atoms with E-state index in [4.69, 9.17) is 0 Å². The Morgan fingerprint density at radius 1 is 1.36 bits per heavy atom. The zero-order valence-corrected chi connectivity index (χ0v) is 15.4. The summed E-state index contributed by atoms with van der Waals surface area (Å²) in [5.74, 6) is 0.0622. The van der Waals surface area contributed by atoms with E-state index >= 15 is 0 Å². The van der Waals surface area contributed by atoms with Crippen molar-refractivity contribution in [3.8, 4) is 0 Å². The van der Waals surface area contributed by atoms with Crippen molar-refractivity contribution in [1.29, 1.82) is 0 Å². The van der Waals surface area contributed by atoms with Gasteiger partial charge in [0.15, 0.2) is 5.69 Å². The van der Waals surface area contributed by atoms with Crippen LogP contribution in [0, 0.1) is 5.92 Å². The summed E-state index contributed by atoms with van der Waals surface area (Å²) >= 11 is 0. The number of hydrogen-bond acceptors (Lipinski definition) is 4. The minimum atomic E-state index is -0.211. The van der Waals surface area contributed by atoms with Gasteiger partial charge in [-0.05, 0) is 31.4 Å². The molecule has 1 saturated heterocycles. The van der Waals surface area contributed by atoms with Gasteiger partial charge in [-0.1, -0.05) is 32.0 Å². The van der Waals surface area contributed by atoms with Gasteiger partial charge in [0.05, 0.1) is 5.39 Å². The van der Waals surface area contributed by atoms with Gasteiger partial charge in [-0.25, -0.2) is 4.68 Å². The summed E-state index contributed by atoms with van der Waals surface area (Å²) in [5, 5.41) is 11.9. The largest absolute Gasteiger partial charge is 0.347 e. The van der Waals surface area contributed by atoms with Gasteiger partial charge >= 0.3 is 0 Å². The zero-order valence-electron chi connectivity index (χ0n) is 14.6. The third-order valence-electron chi connectivity index (χ3n) is 4.25. The Morgan fingerprint density at radius 2 is 2.08 bits per heavy atom. The first-order valence-corrected chi connectivity index (χ1v) is 8.57. The lowest BCUT2D eigenvalue weighted by Crippen LogP contribution is -2.46. The number of halogens is 1. The molecule has 2 heterocycles. The molecule has 1 amide bonds. The fraction of sp³-hybridized carbons (Fsp3) is 0.500. The van der Waals surface area contributed by atoms with Crippen molar-refractivity contribution in [1.82, 2.24) is 20.4 Å². The molecule has 7 heteroatoms. The molecule has 3 rings (SSSR count). The van der Waals surface area contributed by atoms with Gasteiger partial charge in [0, 0.05) is 24.5 Å². The van der Waals surface area contributed by atoms with Crippen molar-refractivity contribution in [2.75, 3.05) is 13.1 Å². The van der Waals surface area contributed by atoms with E-state index in [1.54, 1.807) is 12.1 Å². The summed E-state index contributed by atoms with van der Waals surface area (Å²) < 4.78 is 1.42. The van der Waals surface area contributed by atoms with Gasteiger partial charge in [0.25, 0.3) is 11.5 Å². The maximum Gasteiger partial charge on any atom is 0.274 e. The molecule has 1 atom stereocenters. The molecule has 0 bridgehead atoms. The SMILES string of the molecule is CC(C)Cn1nc(C(=O)N[C@H]2CCCNC2)c2ccccc2c1=O.Cl. The highest BCUT2D eigenvalue weighted by molar-refractivity contribution is 6.04. The molecular weight excluding hydrogens is 340 g/mol.